The van der Waals surface area contributed by atoms with Crippen molar-refractivity contribution in [1.29, 1.82) is 0 Å². The highest BCUT2D eigenvalue weighted by molar-refractivity contribution is 5.60. The van der Waals surface area contributed by atoms with Crippen LogP contribution in [-0.4, -0.2) is 9.97 Å². The summed E-state index contributed by atoms with van der Waals surface area (Å²) in [6.45, 7) is 4.41. The molecule has 2 nitrogen and oxygen atoms in total. The number of nitrogens with zero attached hydrogens (tertiary/aromatic N) is 1. The predicted octanol–water partition coefficient (Wildman–Crippen LogP) is 4.89. The third-order valence-electron chi connectivity index (χ3n) is 3.02. The molecule has 0 fully saturated rings. The Morgan fingerprint density at radius 3 is 2.00 bits per heavy atom. The summed E-state index contributed by atoms with van der Waals surface area (Å²) in [6, 6.07) is 18.3. The Labute approximate surface area is 120 Å². The minimum Gasteiger partial charge on any atom is -0.361 e. The average Bonchev–Trinajstić information content (AvgIpc) is 3.01. The number of pyridine rings is 1. The lowest BCUT2D eigenvalue weighted by molar-refractivity contribution is 0.869. The molecule has 0 radical (unpaired) electrons. The lowest BCUT2D eigenvalue weighted by Crippen LogP contribution is -1.80. The minimum absolute atomic E-state index is 0.587. The normalized spacial score (nSPS) is 9.95. The van der Waals surface area contributed by atoms with Crippen molar-refractivity contribution >= 4 is 0 Å². The minimum atomic E-state index is 0.587. The molecule has 1 aromatic carbocycles. The first-order chi connectivity index (χ1) is 9.77. The zero-order valence-corrected chi connectivity index (χ0v) is 12.0. The van der Waals surface area contributed by atoms with E-state index in [9.17, 15) is 0 Å². The van der Waals surface area contributed by atoms with Gasteiger partial charge in [0.1, 0.15) is 0 Å². The van der Waals surface area contributed by atoms with E-state index in [0.29, 0.717) is 5.92 Å². The molecule has 0 aliphatic rings. The zero-order valence-electron chi connectivity index (χ0n) is 12.0. The van der Waals surface area contributed by atoms with Crippen molar-refractivity contribution in [2.24, 2.45) is 0 Å². The van der Waals surface area contributed by atoms with E-state index in [-0.39, 0.29) is 0 Å². The Bertz CT molecular complexity index is 571. The second-order valence-corrected chi connectivity index (χ2v) is 4.89. The molecule has 0 saturated heterocycles. The third kappa shape index (κ3) is 4.09. The average molecular weight is 264 g/mol. The first-order valence-electron chi connectivity index (χ1n) is 6.86. The fraction of sp³-hybridized carbons (Fsp3) is 0.167. The molecular formula is C18H20N2. The van der Waals surface area contributed by atoms with Gasteiger partial charge in [0.05, 0.1) is 0 Å². The van der Waals surface area contributed by atoms with Crippen LogP contribution in [0.2, 0.25) is 0 Å². The largest absolute Gasteiger partial charge is 0.361 e. The van der Waals surface area contributed by atoms with Crippen LogP contribution >= 0.6 is 0 Å². The topological polar surface area (TPSA) is 28.7 Å². The second kappa shape index (κ2) is 7.29. The second-order valence-electron chi connectivity index (χ2n) is 4.89. The molecular weight excluding hydrogens is 244 g/mol. The lowest BCUT2D eigenvalue weighted by atomic mass is 10.1. The van der Waals surface area contributed by atoms with Crippen LogP contribution in [0.1, 0.15) is 25.3 Å². The predicted molar refractivity (Wildman–Crippen MR) is 84.6 cm³/mol. The summed E-state index contributed by atoms with van der Waals surface area (Å²) in [4.78, 5) is 7.09. The molecule has 3 rings (SSSR count). The monoisotopic (exact) mass is 264 g/mol. The summed E-state index contributed by atoms with van der Waals surface area (Å²) >= 11 is 0. The summed E-state index contributed by atoms with van der Waals surface area (Å²) < 4.78 is 0. The summed E-state index contributed by atoms with van der Waals surface area (Å²) in [5, 5.41) is 0. The number of H-pyrrole nitrogens is 1. The zero-order chi connectivity index (χ0) is 14.2. The Balaban J connectivity index is 0.000000205. The van der Waals surface area contributed by atoms with E-state index < -0.39 is 0 Å². The number of hydrogen-bond donors (Lipinski definition) is 1. The van der Waals surface area contributed by atoms with Gasteiger partial charge in [-0.2, -0.15) is 0 Å². The van der Waals surface area contributed by atoms with Gasteiger partial charge in [-0.1, -0.05) is 50.2 Å². The van der Waals surface area contributed by atoms with Gasteiger partial charge in [0.2, 0.25) is 0 Å². The number of hydrogen-bond acceptors (Lipinski definition) is 1. The van der Waals surface area contributed by atoms with E-state index in [1.807, 2.05) is 24.3 Å². The number of aromatic nitrogens is 2. The maximum absolute atomic E-state index is 3.78. The van der Waals surface area contributed by atoms with Gasteiger partial charge in [-0.05, 0) is 35.2 Å². The third-order valence-corrected chi connectivity index (χ3v) is 3.02. The Morgan fingerprint density at radius 1 is 0.900 bits per heavy atom. The molecule has 0 unspecified atom stereocenters. The van der Waals surface area contributed by atoms with Crippen molar-refractivity contribution in [1.82, 2.24) is 9.97 Å². The highest BCUT2D eigenvalue weighted by Gasteiger charge is 2.03. The Kier molecular flexibility index (Phi) is 5.13. The molecule has 0 aliphatic carbocycles. The molecule has 2 heterocycles. The maximum Gasteiger partial charge on any atom is 0.0456 e. The summed E-state index contributed by atoms with van der Waals surface area (Å²) in [6.07, 6.45) is 5.59. The number of benzene rings is 1. The van der Waals surface area contributed by atoms with Gasteiger partial charge in [0, 0.05) is 24.3 Å². The quantitative estimate of drug-likeness (QED) is 0.701. The summed E-state index contributed by atoms with van der Waals surface area (Å²) in [5.74, 6) is 0.587. The Morgan fingerprint density at radius 2 is 1.55 bits per heavy atom. The van der Waals surface area contributed by atoms with Crippen LogP contribution in [0.25, 0.3) is 11.3 Å². The van der Waals surface area contributed by atoms with Crippen LogP contribution in [0.5, 0.6) is 0 Å². The first-order valence-corrected chi connectivity index (χ1v) is 6.86. The van der Waals surface area contributed by atoms with Gasteiger partial charge in [-0.25, -0.2) is 0 Å². The number of nitrogens with one attached hydrogen (secondary N) is 1. The van der Waals surface area contributed by atoms with Crippen molar-refractivity contribution in [2.75, 3.05) is 0 Å². The van der Waals surface area contributed by atoms with Gasteiger partial charge in [0.15, 0.2) is 0 Å². The summed E-state index contributed by atoms with van der Waals surface area (Å²) in [5.41, 5.74) is 3.82. The van der Waals surface area contributed by atoms with E-state index in [1.54, 1.807) is 12.4 Å². The van der Waals surface area contributed by atoms with Gasteiger partial charge < -0.3 is 4.98 Å². The molecule has 0 atom stereocenters. The van der Waals surface area contributed by atoms with Crippen molar-refractivity contribution in [3.05, 3.63) is 78.8 Å². The molecule has 102 valence electrons. The van der Waals surface area contributed by atoms with Crippen molar-refractivity contribution in [3.63, 3.8) is 0 Å². The standard InChI is InChI=1S/C13H15N.C5H5N/c1-10(2)12-8-13(14-9-12)11-6-4-3-5-7-11;1-2-4-6-5-3-1/h3-10,14H,1-2H3;1-5H. The molecule has 3 aromatic rings. The lowest BCUT2D eigenvalue weighted by Gasteiger charge is -1.98. The number of aromatic amines is 1. The Hall–Kier alpha value is -2.35. The van der Waals surface area contributed by atoms with Gasteiger partial charge in [0.25, 0.3) is 0 Å². The van der Waals surface area contributed by atoms with E-state index in [2.05, 4.69) is 60.3 Å². The van der Waals surface area contributed by atoms with Crippen LogP contribution in [0, 0.1) is 0 Å². The van der Waals surface area contributed by atoms with Crippen molar-refractivity contribution < 1.29 is 0 Å². The van der Waals surface area contributed by atoms with Crippen LogP contribution in [0.15, 0.2) is 73.2 Å². The van der Waals surface area contributed by atoms with Crippen molar-refractivity contribution in [2.45, 2.75) is 19.8 Å². The molecule has 0 amide bonds. The van der Waals surface area contributed by atoms with Crippen LogP contribution < -0.4 is 0 Å². The van der Waals surface area contributed by atoms with E-state index >= 15 is 0 Å². The maximum atomic E-state index is 3.78. The first kappa shape index (κ1) is 14.1. The van der Waals surface area contributed by atoms with E-state index in [1.165, 1.54) is 16.8 Å². The van der Waals surface area contributed by atoms with Crippen LogP contribution in [-0.2, 0) is 0 Å². The fourth-order valence-corrected chi connectivity index (χ4v) is 1.84. The van der Waals surface area contributed by atoms with E-state index in [4.69, 9.17) is 0 Å². The highest BCUT2D eigenvalue weighted by atomic mass is 14.7. The fourth-order valence-electron chi connectivity index (χ4n) is 1.84. The van der Waals surface area contributed by atoms with E-state index in [0.717, 1.165) is 0 Å². The molecule has 0 spiro atoms. The van der Waals surface area contributed by atoms with Gasteiger partial charge in [-0.15, -0.1) is 0 Å². The molecule has 2 heteroatoms. The number of rotatable bonds is 2. The molecule has 0 bridgehead atoms. The highest BCUT2D eigenvalue weighted by Crippen LogP contribution is 2.22. The van der Waals surface area contributed by atoms with Crippen LogP contribution in [0.3, 0.4) is 0 Å². The van der Waals surface area contributed by atoms with Gasteiger partial charge in [-0.3, -0.25) is 4.98 Å². The SMILES string of the molecule is CC(C)c1c[nH]c(-c2ccccc2)c1.c1ccncc1. The molecule has 0 aliphatic heterocycles. The molecule has 20 heavy (non-hydrogen) atoms. The summed E-state index contributed by atoms with van der Waals surface area (Å²) in [7, 11) is 0. The molecule has 2 aromatic heterocycles. The smallest absolute Gasteiger partial charge is 0.0456 e. The van der Waals surface area contributed by atoms with Crippen LogP contribution in [0.4, 0.5) is 0 Å². The van der Waals surface area contributed by atoms with Gasteiger partial charge >= 0.3 is 0 Å². The van der Waals surface area contributed by atoms with Crippen molar-refractivity contribution in [3.8, 4) is 11.3 Å². The molecule has 0 saturated carbocycles. The molecule has 1 N–H and O–H groups in total.